The van der Waals surface area contributed by atoms with E-state index in [1.165, 1.54) is 0 Å². The summed E-state index contributed by atoms with van der Waals surface area (Å²) in [5.41, 5.74) is 3.27. The van der Waals surface area contributed by atoms with Crippen LogP contribution in [0.25, 0.3) is 33.3 Å². The van der Waals surface area contributed by atoms with Gasteiger partial charge in [0, 0.05) is 16.6 Å². The highest BCUT2D eigenvalue weighted by Gasteiger charge is 2.17. The molecule has 0 amide bonds. The molecule has 4 aromatic rings. The molecular weight excluding hydrogens is 340 g/mol. The number of aromatic nitrogens is 3. The standard InChI is InChI=1S/C17H16N4O3S/c1-2-25(23,24)21-10-7-8-12-11(9-10)15(17(22)20-12)16-18-13-5-3-4-6-14(13)19-16/h3-9,20-22H,2H2,1H3,(H,18,19). The molecule has 0 aliphatic rings. The molecule has 25 heavy (non-hydrogen) atoms. The van der Waals surface area contributed by atoms with Gasteiger partial charge in [-0.05, 0) is 37.3 Å². The van der Waals surface area contributed by atoms with Gasteiger partial charge in [-0.25, -0.2) is 13.4 Å². The quantitative estimate of drug-likeness (QED) is 0.450. The third kappa shape index (κ3) is 2.70. The number of aromatic amines is 2. The summed E-state index contributed by atoms with van der Waals surface area (Å²) in [6, 6.07) is 12.6. The van der Waals surface area contributed by atoms with Crippen molar-refractivity contribution in [2.75, 3.05) is 10.5 Å². The molecule has 4 rings (SSSR count). The molecule has 0 unspecified atom stereocenters. The van der Waals surface area contributed by atoms with E-state index < -0.39 is 10.0 Å². The van der Waals surface area contributed by atoms with E-state index in [9.17, 15) is 13.5 Å². The number of hydrogen-bond donors (Lipinski definition) is 4. The van der Waals surface area contributed by atoms with Gasteiger partial charge >= 0.3 is 0 Å². The van der Waals surface area contributed by atoms with Gasteiger partial charge in [-0.15, -0.1) is 0 Å². The molecule has 2 aromatic carbocycles. The van der Waals surface area contributed by atoms with Crippen molar-refractivity contribution in [2.24, 2.45) is 0 Å². The molecule has 0 aliphatic heterocycles. The first-order valence-electron chi connectivity index (χ1n) is 7.77. The maximum atomic E-state index is 11.8. The van der Waals surface area contributed by atoms with E-state index in [4.69, 9.17) is 0 Å². The molecule has 7 nitrogen and oxygen atoms in total. The number of imidazole rings is 1. The largest absolute Gasteiger partial charge is 0.494 e. The van der Waals surface area contributed by atoms with Crippen LogP contribution in [0.3, 0.4) is 0 Å². The lowest BCUT2D eigenvalue weighted by Crippen LogP contribution is -2.14. The number of fused-ring (bicyclic) bond motifs is 2. The number of rotatable bonds is 4. The second kappa shape index (κ2) is 5.52. The van der Waals surface area contributed by atoms with E-state index >= 15 is 0 Å². The van der Waals surface area contributed by atoms with Crippen molar-refractivity contribution >= 4 is 37.6 Å². The molecule has 2 aromatic heterocycles. The Labute approximate surface area is 143 Å². The minimum Gasteiger partial charge on any atom is -0.494 e. The minimum atomic E-state index is -3.38. The molecule has 0 saturated carbocycles. The second-order valence-electron chi connectivity index (χ2n) is 5.72. The first-order valence-corrected chi connectivity index (χ1v) is 9.42. The maximum Gasteiger partial charge on any atom is 0.232 e. The number of hydrogen-bond acceptors (Lipinski definition) is 4. The lowest BCUT2D eigenvalue weighted by molar-refractivity contribution is 0.460. The summed E-state index contributed by atoms with van der Waals surface area (Å²) in [7, 11) is -3.38. The highest BCUT2D eigenvalue weighted by molar-refractivity contribution is 7.92. The van der Waals surface area contributed by atoms with Gasteiger partial charge in [-0.2, -0.15) is 0 Å². The Morgan fingerprint density at radius 2 is 1.92 bits per heavy atom. The summed E-state index contributed by atoms with van der Waals surface area (Å²) < 4.78 is 26.1. The zero-order valence-corrected chi connectivity index (χ0v) is 14.2. The van der Waals surface area contributed by atoms with Crippen molar-refractivity contribution in [1.82, 2.24) is 15.0 Å². The smallest absolute Gasteiger partial charge is 0.232 e. The number of para-hydroxylation sites is 2. The van der Waals surface area contributed by atoms with E-state index in [2.05, 4.69) is 19.7 Å². The summed E-state index contributed by atoms with van der Waals surface area (Å²) in [5.74, 6) is 0.477. The fourth-order valence-corrected chi connectivity index (χ4v) is 3.43. The Balaban J connectivity index is 1.89. The molecule has 0 bridgehead atoms. The Morgan fingerprint density at radius 3 is 2.68 bits per heavy atom. The van der Waals surface area contributed by atoms with Gasteiger partial charge in [-0.1, -0.05) is 12.1 Å². The number of aromatic hydroxyl groups is 1. The molecule has 0 atom stereocenters. The predicted octanol–water partition coefficient (Wildman–Crippen LogP) is 3.18. The lowest BCUT2D eigenvalue weighted by atomic mass is 10.1. The van der Waals surface area contributed by atoms with Gasteiger partial charge < -0.3 is 15.1 Å². The number of benzene rings is 2. The Bertz CT molecular complexity index is 1160. The fraction of sp³-hybridized carbons (Fsp3) is 0.118. The van der Waals surface area contributed by atoms with Crippen LogP contribution in [-0.2, 0) is 10.0 Å². The topological polar surface area (TPSA) is 111 Å². The molecule has 8 heteroatoms. The summed E-state index contributed by atoms with van der Waals surface area (Å²) in [5, 5.41) is 11.0. The Kier molecular flexibility index (Phi) is 3.43. The number of anilines is 1. The van der Waals surface area contributed by atoms with Gasteiger partial charge in [-0.3, -0.25) is 4.72 Å². The molecule has 0 radical (unpaired) electrons. The average Bonchev–Trinajstić information content (AvgIpc) is 3.13. The summed E-state index contributed by atoms with van der Waals surface area (Å²) >= 11 is 0. The van der Waals surface area contributed by atoms with Crippen LogP contribution in [-0.4, -0.2) is 34.2 Å². The molecule has 4 N–H and O–H groups in total. The van der Waals surface area contributed by atoms with E-state index in [0.717, 1.165) is 11.0 Å². The monoisotopic (exact) mass is 356 g/mol. The van der Waals surface area contributed by atoms with Crippen molar-refractivity contribution < 1.29 is 13.5 Å². The van der Waals surface area contributed by atoms with E-state index in [-0.39, 0.29) is 11.6 Å². The number of sulfonamides is 1. The predicted molar refractivity (Wildman–Crippen MR) is 98.1 cm³/mol. The molecular formula is C17H16N4O3S. The zero-order valence-electron chi connectivity index (χ0n) is 13.4. The molecule has 0 fully saturated rings. The SMILES string of the molecule is CCS(=O)(=O)Nc1ccc2[nH]c(O)c(-c3nc4ccccc4[nH]3)c2c1. The summed E-state index contributed by atoms with van der Waals surface area (Å²) in [6.07, 6.45) is 0. The normalized spacial score (nSPS) is 12.0. The van der Waals surface area contributed by atoms with Crippen LogP contribution in [0.2, 0.25) is 0 Å². The maximum absolute atomic E-state index is 11.8. The van der Waals surface area contributed by atoms with Crippen LogP contribution >= 0.6 is 0 Å². The first-order chi connectivity index (χ1) is 12.0. The van der Waals surface area contributed by atoms with Crippen LogP contribution in [0.4, 0.5) is 5.69 Å². The van der Waals surface area contributed by atoms with Gasteiger partial charge in [0.05, 0.1) is 22.3 Å². The highest BCUT2D eigenvalue weighted by Crippen LogP contribution is 2.37. The van der Waals surface area contributed by atoms with Gasteiger partial charge in [0.2, 0.25) is 15.9 Å². The number of nitrogens with zero attached hydrogens (tertiary/aromatic N) is 1. The third-order valence-electron chi connectivity index (χ3n) is 4.06. The first kappa shape index (κ1) is 15.5. The molecule has 0 spiro atoms. The van der Waals surface area contributed by atoms with Gasteiger partial charge in [0.25, 0.3) is 0 Å². The van der Waals surface area contributed by atoms with Crippen LogP contribution in [0, 0.1) is 0 Å². The molecule has 128 valence electrons. The third-order valence-corrected chi connectivity index (χ3v) is 5.37. The lowest BCUT2D eigenvalue weighted by Gasteiger charge is -2.06. The van der Waals surface area contributed by atoms with E-state index in [0.29, 0.717) is 28.0 Å². The minimum absolute atomic E-state index is 0.0140. The molecule has 2 heterocycles. The average molecular weight is 356 g/mol. The van der Waals surface area contributed by atoms with E-state index in [1.54, 1.807) is 25.1 Å². The highest BCUT2D eigenvalue weighted by atomic mass is 32.2. The second-order valence-corrected chi connectivity index (χ2v) is 7.73. The summed E-state index contributed by atoms with van der Waals surface area (Å²) in [6.45, 7) is 1.57. The van der Waals surface area contributed by atoms with Crippen molar-refractivity contribution in [3.8, 4) is 17.3 Å². The van der Waals surface area contributed by atoms with Crippen LogP contribution in [0.1, 0.15) is 6.92 Å². The number of nitrogens with one attached hydrogen (secondary N) is 3. The van der Waals surface area contributed by atoms with Crippen molar-refractivity contribution in [3.63, 3.8) is 0 Å². The summed E-state index contributed by atoms with van der Waals surface area (Å²) in [4.78, 5) is 10.6. The number of H-pyrrole nitrogens is 2. The van der Waals surface area contributed by atoms with E-state index in [1.807, 2.05) is 24.3 Å². The van der Waals surface area contributed by atoms with Crippen molar-refractivity contribution in [1.29, 1.82) is 0 Å². The Hall–Kier alpha value is -3.00. The van der Waals surface area contributed by atoms with Crippen LogP contribution in [0.15, 0.2) is 42.5 Å². The Morgan fingerprint density at radius 1 is 1.12 bits per heavy atom. The van der Waals surface area contributed by atoms with Gasteiger partial charge in [0.15, 0.2) is 0 Å². The van der Waals surface area contributed by atoms with Crippen LogP contribution < -0.4 is 4.72 Å². The zero-order chi connectivity index (χ0) is 17.6. The van der Waals surface area contributed by atoms with Gasteiger partial charge in [0.1, 0.15) is 5.82 Å². The fourth-order valence-electron chi connectivity index (χ4n) is 2.80. The molecule has 0 saturated heterocycles. The van der Waals surface area contributed by atoms with Crippen molar-refractivity contribution in [2.45, 2.75) is 6.92 Å². The van der Waals surface area contributed by atoms with Crippen LogP contribution in [0.5, 0.6) is 5.88 Å². The molecule has 0 aliphatic carbocycles. The van der Waals surface area contributed by atoms with Crippen molar-refractivity contribution in [3.05, 3.63) is 42.5 Å².